The van der Waals surface area contributed by atoms with Crippen molar-refractivity contribution in [3.63, 3.8) is 0 Å². The lowest BCUT2D eigenvalue weighted by molar-refractivity contribution is -0.152. The van der Waals surface area contributed by atoms with E-state index in [1.54, 1.807) is 5.57 Å². The highest BCUT2D eigenvalue weighted by molar-refractivity contribution is 6.74. The Labute approximate surface area is 191 Å². The van der Waals surface area contributed by atoms with Gasteiger partial charge in [0.05, 0.1) is 17.3 Å². The Bertz CT molecular complexity index is 824. The van der Waals surface area contributed by atoms with Crippen LogP contribution in [0.3, 0.4) is 0 Å². The minimum Gasteiger partial charge on any atom is -0.413 e. The van der Waals surface area contributed by atoms with E-state index in [2.05, 4.69) is 71.9 Å². The summed E-state index contributed by atoms with van der Waals surface area (Å²) in [4.78, 5) is 2.40. The second kappa shape index (κ2) is 6.80. The molecule has 1 saturated heterocycles. The van der Waals surface area contributed by atoms with Gasteiger partial charge in [0.15, 0.2) is 8.32 Å². The van der Waals surface area contributed by atoms with Crippen molar-refractivity contribution in [2.45, 2.75) is 121 Å². The number of hydrogen-bond donors (Lipinski definition) is 0. The fourth-order valence-electron chi connectivity index (χ4n) is 7.52. The third-order valence-corrected chi connectivity index (χ3v) is 15.1. The molecule has 174 valence electrons. The molecule has 5 rings (SSSR count). The Morgan fingerprint density at radius 2 is 1.87 bits per heavy atom. The van der Waals surface area contributed by atoms with Crippen LogP contribution in [0.5, 0.6) is 0 Å². The Balaban J connectivity index is 1.47. The maximum absolute atomic E-state index is 7.38. The Morgan fingerprint density at radius 1 is 1.13 bits per heavy atom. The second-order valence-corrected chi connectivity index (χ2v) is 18.1. The molecule has 5 aliphatic rings. The van der Waals surface area contributed by atoms with Crippen LogP contribution in [0.15, 0.2) is 23.3 Å². The second-order valence-electron chi connectivity index (χ2n) is 13.4. The third-order valence-electron chi connectivity index (χ3n) is 10.6. The smallest absolute Gasteiger partial charge is 0.192 e. The molecule has 2 aliphatic heterocycles. The van der Waals surface area contributed by atoms with Crippen LogP contribution >= 0.6 is 0 Å². The molecular formula is C27H45NO2Si. The van der Waals surface area contributed by atoms with Gasteiger partial charge >= 0.3 is 0 Å². The van der Waals surface area contributed by atoms with Crippen LogP contribution in [0.25, 0.3) is 0 Å². The fraction of sp³-hybridized carbons (Fsp3) is 0.852. The first-order valence-electron chi connectivity index (χ1n) is 12.8. The van der Waals surface area contributed by atoms with E-state index in [-0.39, 0.29) is 21.7 Å². The summed E-state index contributed by atoms with van der Waals surface area (Å²) in [5.41, 5.74) is 3.31. The average molecular weight is 444 g/mol. The van der Waals surface area contributed by atoms with Crippen molar-refractivity contribution < 1.29 is 9.16 Å². The van der Waals surface area contributed by atoms with E-state index in [0.717, 1.165) is 12.8 Å². The molecule has 0 aromatic rings. The van der Waals surface area contributed by atoms with Crippen molar-refractivity contribution in [3.8, 4) is 0 Å². The minimum absolute atomic E-state index is 0.0237. The van der Waals surface area contributed by atoms with Crippen LogP contribution in [-0.4, -0.2) is 50.7 Å². The fourth-order valence-corrected chi connectivity index (χ4v) is 8.97. The molecule has 3 nitrogen and oxygen atoms in total. The number of fused-ring (bicyclic) bond motifs is 1. The highest BCUT2D eigenvalue weighted by atomic mass is 28.4. The topological polar surface area (TPSA) is 21.7 Å². The normalized spacial score (nSPS) is 44.5. The van der Waals surface area contributed by atoms with Crippen molar-refractivity contribution in [2.24, 2.45) is 11.3 Å². The molecule has 2 spiro atoms. The van der Waals surface area contributed by atoms with Crippen LogP contribution in [0.4, 0.5) is 0 Å². The van der Waals surface area contributed by atoms with Crippen LogP contribution in [-0.2, 0) is 9.16 Å². The summed E-state index contributed by atoms with van der Waals surface area (Å²) in [6.07, 6.45) is 15.1. The monoisotopic (exact) mass is 443 g/mol. The summed E-state index contributed by atoms with van der Waals surface area (Å²) in [7, 11) is 2.68. The summed E-state index contributed by atoms with van der Waals surface area (Å²) in [6, 6.07) is 0.599. The van der Waals surface area contributed by atoms with Gasteiger partial charge in [0.25, 0.3) is 0 Å². The number of rotatable bonds is 3. The zero-order chi connectivity index (χ0) is 22.4. The zero-order valence-corrected chi connectivity index (χ0v) is 22.3. The zero-order valence-electron chi connectivity index (χ0n) is 21.3. The van der Waals surface area contributed by atoms with Crippen molar-refractivity contribution >= 4 is 8.32 Å². The molecule has 3 aliphatic carbocycles. The molecule has 2 saturated carbocycles. The maximum Gasteiger partial charge on any atom is 0.192 e. The van der Waals surface area contributed by atoms with Gasteiger partial charge in [0.1, 0.15) is 0 Å². The molecule has 0 unspecified atom stereocenters. The Morgan fingerprint density at radius 3 is 2.55 bits per heavy atom. The van der Waals surface area contributed by atoms with Crippen LogP contribution in [0.1, 0.15) is 79.1 Å². The molecule has 0 radical (unpaired) electrons. The molecule has 0 aromatic carbocycles. The van der Waals surface area contributed by atoms with Gasteiger partial charge in [-0.15, -0.1) is 0 Å². The van der Waals surface area contributed by atoms with Crippen LogP contribution in [0.2, 0.25) is 18.1 Å². The number of hydrogen-bond acceptors (Lipinski definition) is 3. The quantitative estimate of drug-likeness (QED) is 0.467. The van der Waals surface area contributed by atoms with Crippen molar-refractivity contribution in [1.29, 1.82) is 0 Å². The van der Waals surface area contributed by atoms with E-state index >= 15 is 0 Å². The van der Waals surface area contributed by atoms with Crippen molar-refractivity contribution in [3.05, 3.63) is 23.3 Å². The van der Waals surface area contributed by atoms with Gasteiger partial charge < -0.3 is 14.1 Å². The molecule has 6 atom stereocenters. The summed E-state index contributed by atoms with van der Waals surface area (Å²) >= 11 is 0. The first-order chi connectivity index (χ1) is 14.3. The molecule has 2 bridgehead atoms. The van der Waals surface area contributed by atoms with Gasteiger partial charge in [-0.2, -0.15) is 0 Å². The highest BCUT2D eigenvalue weighted by Gasteiger charge is 2.67. The largest absolute Gasteiger partial charge is 0.413 e. The van der Waals surface area contributed by atoms with Gasteiger partial charge in [0, 0.05) is 6.04 Å². The highest BCUT2D eigenvalue weighted by Crippen LogP contribution is 2.68. The Kier molecular flexibility index (Phi) is 4.91. The minimum atomic E-state index is -1.78. The molecule has 4 heteroatoms. The van der Waals surface area contributed by atoms with Gasteiger partial charge in [-0.05, 0) is 106 Å². The lowest BCUT2D eigenvalue weighted by atomic mass is 9.58. The third kappa shape index (κ3) is 3.07. The molecule has 0 amide bonds. The van der Waals surface area contributed by atoms with E-state index in [9.17, 15) is 0 Å². The summed E-state index contributed by atoms with van der Waals surface area (Å²) < 4.78 is 14.5. The SMILES string of the molecule is CN(C)[C@@H]1CC=C2C=C3CC[C@]4(C)[C@@H](O[Si](C)(C)C(C)(C)C)CC[C@H]4[C@@]34CC[C@]2(C1)O4. The van der Waals surface area contributed by atoms with Gasteiger partial charge in [-0.3, -0.25) is 0 Å². The van der Waals surface area contributed by atoms with Crippen LogP contribution in [0, 0.1) is 11.3 Å². The first-order valence-corrected chi connectivity index (χ1v) is 15.7. The number of ether oxygens (including phenoxy) is 1. The van der Waals surface area contributed by atoms with E-state index in [0.29, 0.717) is 18.1 Å². The van der Waals surface area contributed by atoms with E-state index in [4.69, 9.17) is 9.16 Å². The van der Waals surface area contributed by atoms with E-state index in [1.165, 1.54) is 44.1 Å². The molecular weight excluding hydrogens is 398 g/mol. The predicted molar refractivity (Wildman–Crippen MR) is 131 cm³/mol. The van der Waals surface area contributed by atoms with Gasteiger partial charge in [-0.1, -0.05) is 39.8 Å². The summed E-state index contributed by atoms with van der Waals surface area (Å²) in [6.45, 7) is 14.5. The molecule has 0 aromatic heterocycles. The van der Waals surface area contributed by atoms with Gasteiger partial charge in [-0.25, -0.2) is 0 Å². The standard InChI is InChI=1S/C27H45NO2Si/c1-24(2,3)31(7,8)29-23-12-11-22-25(23,4)14-13-20-17-19-9-10-21(28(5)6)18-26(19)15-16-27(20,22)30-26/h9,17,21-23H,10-16,18H2,1-8H3/t21-,22-,23+,25+,26-,27-/m1/s1. The summed E-state index contributed by atoms with van der Waals surface area (Å²) in [5.74, 6) is 0.607. The molecule has 3 fully saturated rings. The summed E-state index contributed by atoms with van der Waals surface area (Å²) in [5, 5.41) is 0.265. The Hall–Kier alpha value is -0.423. The number of nitrogens with zero attached hydrogens (tertiary/aromatic N) is 1. The average Bonchev–Trinajstić information content (AvgIpc) is 3.15. The maximum atomic E-state index is 7.38. The molecule has 31 heavy (non-hydrogen) atoms. The van der Waals surface area contributed by atoms with Gasteiger partial charge in [0.2, 0.25) is 0 Å². The first kappa shape index (κ1) is 22.4. The van der Waals surface area contributed by atoms with Crippen molar-refractivity contribution in [1.82, 2.24) is 4.90 Å². The molecule has 0 N–H and O–H groups in total. The lowest BCUT2D eigenvalue weighted by Gasteiger charge is -2.56. The molecule has 2 heterocycles. The van der Waals surface area contributed by atoms with E-state index in [1.807, 2.05) is 0 Å². The van der Waals surface area contributed by atoms with Crippen molar-refractivity contribution in [2.75, 3.05) is 14.1 Å². The lowest BCUT2D eigenvalue weighted by Crippen LogP contribution is -2.57. The van der Waals surface area contributed by atoms with Crippen LogP contribution < -0.4 is 0 Å². The predicted octanol–water partition coefficient (Wildman–Crippen LogP) is 6.47. The van der Waals surface area contributed by atoms with E-state index < -0.39 is 8.32 Å².